The summed E-state index contributed by atoms with van der Waals surface area (Å²) in [6.45, 7) is 1.98. The van der Waals surface area contributed by atoms with Gasteiger partial charge in [-0.05, 0) is 30.9 Å². The summed E-state index contributed by atoms with van der Waals surface area (Å²) in [5, 5.41) is 2.14. The number of benzene rings is 1. The van der Waals surface area contributed by atoms with E-state index in [1.807, 2.05) is 25.3 Å². The number of nitrogens with two attached hydrogens (primary N) is 1. The molecule has 0 fully saturated rings. The molecule has 0 saturated carbocycles. The van der Waals surface area contributed by atoms with Gasteiger partial charge in [-0.1, -0.05) is 0 Å². The maximum absolute atomic E-state index is 5.92. The number of rotatable bonds is 4. The average Bonchev–Trinajstić information content (AvgIpc) is 2.37. The fourth-order valence-corrected chi connectivity index (χ4v) is 2.17. The van der Waals surface area contributed by atoms with E-state index < -0.39 is 0 Å². The Balaban J connectivity index is 2.73. The number of nitrogens with zero attached hydrogens (tertiary/aromatic N) is 1. The normalized spacial score (nSPS) is 12.4. The second-order valence-electron chi connectivity index (χ2n) is 4.37. The summed E-state index contributed by atoms with van der Waals surface area (Å²) in [7, 11) is 3.28. The fraction of sp³-hybridized carbons (Fsp3) is 0.357. The molecule has 0 aliphatic heterocycles. The molecule has 1 heterocycles. The Morgan fingerprint density at radius 3 is 2.72 bits per heavy atom. The standard InChI is InChI=1S/C14H18N2O2/c1-9(15)6-12-11-4-5-16-8-10(11)7-13(17-2)14(12)18-3/h4-5,7-9H,6,15H2,1-3H3. The lowest BCUT2D eigenvalue weighted by Gasteiger charge is -2.17. The molecule has 1 aromatic heterocycles. The third-order valence-electron chi connectivity index (χ3n) is 2.91. The molecule has 4 heteroatoms. The summed E-state index contributed by atoms with van der Waals surface area (Å²) in [5.41, 5.74) is 6.99. The van der Waals surface area contributed by atoms with E-state index in [0.717, 1.165) is 28.5 Å². The van der Waals surface area contributed by atoms with Gasteiger partial charge in [0.2, 0.25) is 0 Å². The predicted molar refractivity (Wildman–Crippen MR) is 72.2 cm³/mol. The smallest absolute Gasteiger partial charge is 0.164 e. The van der Waals surface area contributed by atoms with Crippen molar-refractivity contribution in [2.45, 2.75) is 19.4 Å². The molecule has 0 saturated heterocycles. The Labute approximate surface area is 107 Å². The van der Waals surface area contributed by atoms with Crippen LogP contribution in [-0.4, -0.2) is 25.2 Å². The second kappa shape index (κ2) is 5.23. The first-order valence-electron chi connectivity index (χ1n) is 5.90. The van der Waals surface area contributed by atoms with Gasteiger partial charge >= 0.3 is 0 Å². The quantitative estimate of drug-likeness (QED) is 0.898. The number of pyridine rings is 1. The van der Waals surface area contributed by atoms with Crippen molar-refractivity contribution in [3.05, 3.63) is 30.1 Å². The highest BCUT2D eigenvalue weighted by atomic mass is 16.5. The third-order valence-corrected chi connectivity index (χ3v) is 2.91. The minimum absolute atomic E-state index is 0.0578. The first kappa shape index (κ1) is 12.6. The number of ether oxygens (including phenoxy) is 2. The maximum Gasteiger partial charge on any atom is 0.164 e. The van der Waals surface area contributed by atoms with Gasteiger partial charge in [-0.25, -0.2) is 0 Å². The molecule has 1 unspecified atom stereocenters. The van der Waals surface area contributed by atoms with E-state index in [0.29, 0.717) is 5.75 Å². The van der Waals surface area contributed by atoms with Gasteiger partial charge in [0.25, 0.3) is 0 Å². The Kier molecular flexibility index (Phi) is 3.67. The van der Waals surface area contributed by atoms with Crippen LogP contribution in [0.3, 0.4) is 0 Å². The van der Waals surface area contributed by atoms with Crippen molar-refractivity contribution in [3.63, 3.8) is 0 Å². The van der Waals surface area contributed by atoms with E-state index >= 15 is 0 Å². The van der Waals surface area contributed by atoms with Crippen LogP contribution in [-0.2, 0) is 6.42 Å². The highest BCUT2D eigenvalue weighted by molar-refractivity contribution is 5.89. The third kappa shape index (κ3) is 2.24. The Bertz CT molecular complexity index is 553. The number of hydrogen-bond donors (Lipinski definition) is 1. The fourth-order valence-electron chi connectivity index (χ4n) is 2.17. The first-order valence-corrected chi connectivity index (χ1v) is 5.90. The molecule has 0 bridgehead atoms. The van der Waals surface area contributed by atoms with Crippen molar-refractivity contribution in [2.24, 2.45) is 5.73 Å². The summed E-state index contributed by atoms with van der Waals surface area (Å²) in [4.78, 5) is 4.14. The van der Waals surface area contributed by atoms with Gasteiger partial charge in [0.1, 0.15) is 0 Å². The van der Waals surface area contributed by atoms with Crippen LogP contribution in [0.15, 0.2) is 24.5 Å². The van der Waals surface area contributed by atoms with Crippen molar-refractivity contribution in [1.29, 1.82) is 0 Å². The zero-order valence-electron chi connectivity index (χ0n) is 10.9. The summed E-state index contributed by atoms with van der Waals surface area (Å²) in [6.07, 6.45) is 4.34. The van der Waals surface area contributed by atoms with E-state index in [1.165, 1.54) is 0 Å². The lowest BCUT2D eigenvalue weighted by atomic mass is 9.99. The van der Waals surface area contributed by atoms with Crippen molar-refractivity contribution < 1.29 is 9.47 Å². The molecule has 96 valence electrons. The molecule has 0 amide bonds. The molecule has 0 spiro atoms. The summed E-state index contributed by atoms with van der Waals surface area (Å²) in [6, 6.07) is 3.98. The van der Waals surface area contributed by atoms with Crippen molar-refractivity contribution >= 4 is 10.8 Å². The van der Waals surface area contributed by atoms with E-state index in [2.05, 4.69) is 4.98 Å². The molecule has 1 aromatic carbocycles. The number of hydrogen-bond acceptors (Lipinski definition) is 4. The van der Waals surface area contributed by atoms with Crippen molar-refractivity contribution in [1.82, 2.24) is 4.98 Å². The summed E-state index contributed by atoms with van der Waals surface area (Å²) < 4.78 is 10.8. The summed E-state index contributed by atoms with van der Waals surface area (Å²) in [5.74, 6) is 1.47. The zero-order chi connectivity index (χ0) is 13.1. The van der Waals surface area contributed by atoms with Crippen LogP contribution in [0.1, 0.15) is 12.5 Å². The molecule has 2 N–H and O–H groups in total. The van der Waals surface area contributed by atoms with E-state index in [9.17, 15) is 0 Å². The van der Waals surface area contributed by atoms with Gasteiger partial charge in [0.05, 0.1) is 14.2 Å². The topological polar surface area (TPSA) is 57.4 Å². The predicted octanol–water partition coefficient (Wildman–Crippen LogP) is 2.14. The average molecular weight is 246 g/mol. The summed E-state index contributed by atoms with van der Waals surface area (Å²) >= 11 is 0. The van der Waals surface area contributed by atoms with Crippen LogP contribution in [0.2, 0.25) is 0 Å². The SMILES string of the molecule is COc1cc2cnccc2c(CC(C)N)c1OC. The molecule has 1 atom stereocenters. The molecule has 0 aliphatic carbocycles. The first-order chi connectivity index (χ1) is 8.67. The molecular weight excluding hydrogens is 228 g/mol. The number of methoxy groups -OCH3 is 2. The maximum atomic E-state index is 5.92. The zero-order valence-corrected chi connectivity index (χ0v) is 10.9. The molecule has 4 nitrogen and oxygen atoms in total. The highest BCUT2D eigenvalue weighted by Gasteiger charge is 2.15. The lowest BCUT2D eigenvalue weighted by Crippen LogP contribution is -2.18. The van der Waals surface area contributed by atoms with Crippen LogP contribution in [0.25, 0.3) is 10.8 Å². The highest BCUT2D eigenvalue weighted by Crippen LogP contribution is 2.37. The van der Waals surface area contributed by atoms with Crippen molar-refractivity contribution in [2.75, 3.05) is 14.2 Å². The van der Waals surface area contributed by atoms with Crippen LogP contribution in [0, 0.1) is 0 Å². The Hall–Kier alpha value is -1.81. The molecular formula is C14H18N2O2. The van der Waals surface area contributed by atoms with Gasteiger partial charge in [0, 0.05) is 29.4 Å². The lowest BCUT2D eigenvalue weighted by molar-refractivity contribution is 0.352. The molecule has 0 aliphatic rings. The number of fused-ring (bicyclic) bond motifs is 1. The van der Waals surface area contributed by atoms with E-state index in [-0.39, 0.29) is 6.04 Å². The van der Waals surface area contributed by atoms with E-state index in [4.69, 9.17) is 15.2 Å². The Morgan fingerprint density at radius 2 is 2.11 bits per heavy atom. The van der Waals surface area contributed by atoms with Crippen molar-refractivity contribution in [3.8, 4) is 11.5 Å². The molecule has 18 heavy (non-hydrogen) atoms. The molecule has 0 radical (unpaired) electrons. The van der Waals surface area contributed by atoms with Gasteiger partial charge in [0.15, 0.2) is 11.5 Å². The molecule has 2 rings (SSSR count). The van der Waals surface area contributed by atoms with Crippen LogP contribution in [0.5, 0.6) is 11.5 Å². The largest absolute Gasteiger partial charge is 0.493 e. The van der Waals surface area contributed by atoms with Gasteiger partial charge in [-0.3, -0.25) is 4.98 Å². The van der Waals surface area contributed by atoms with E-state index in [1.54, 1.807) is 20.4 Å². The van der Waals surface area contributed by atoms with Crippen LogP contribution >= 0.6 is 0 Å². The number of aromatic nitrogens is 1. The monoisotopic (exact) mass is 246 g/mol. The van der Waals surface area contributed by atoms with Crippen LogP contribution < -0.4 is 15.2 Å². The Morgan fingerprint density at radius 1 is 1.33 bits per heavy atom. The second-order valence-corrected chi connectivity index (χ2v) is 4.37. The molecule has 2 aromatic rings. The minimum Gasteiger partial charge on any atom is -0.493 e. The van der Waals surface area contributed by atoms with Gasteiger partial charge < -0.3 is 15.2 Å². The van der Waals surface area contributed by atoms with Gasteiger partial charge in [-0.15, -0.1) is 0 Å². The van der Waals surface area contributed by atoms with Gasteiger partial charge in [-0.2, -0.15) is 0 Å². The minimum atomic E-state index is 0.0578. The van der Waals surface area contributed by atoms with Crippen LogP contribution in [0.4, 0.5) is 0 Å².